The van der Waals surface area contributed by atoms with Crippen LogP contribution in [0.15, 0.2) is 30.6 Å². The summed E-state index contributed by atoms with van der Waals surface area (Å²) in [5.41, 5.74) is 1.86. The first-order chi connectivity index (χ1) is 12.2. The largest absolute Gasteiger partial charge is 0.364 e. The van der Waals surface area contributed by atoms with E-state index in [0.29, 0.717) is 12.0 Å². The zero-order valence-corrected chi connectivity index (χ0v) is 14.3. The van der Waals surface area contributed by atoms with Gasteiger partial charge in [-0.3, -0.25) is 0 Å². The summed E-state index contributed by atoms with van der Waals surface area (Å²) in [6, 6.07) is 6.39. The maximum Gasteiger partial charge on any atom is 0.153 e. The second-order valence-electron chi connectivity index (χ2n) is 7.03. The summed E-state index contributed by atoms with van der Waals surface area (Å²) in [6.07, 6.45) is 7.38. The first-order valence-electron chi connectivity index (χ1n) is 8.92. The number of nitrogens with one attached hydrogen (secondary N) is 1. The van der Waals surface area contributed by atoms with Gasteiger partial charge in [0.15, 0.2) is 5.65 Å². The lowest BCUT2D eigenvalue weighted by Gasteiger charge is -2.18. The number of imidazole rings is 1. The minimum Gasteiger partial charge on any atom is -0.364 e. The molecule has 0 amide bonds. The average molecular weight is 335 g/mol. The van der Waals surface area contributed by atoms with Crippen molar-refractivity contribution in [3.8, 4) is 0 Å². The van der Waals surface area contributed by atoms with Crippen LogP contribution in [0.3, 0.4) is 0 Å². The molecule has 128 valence electrons. The van der Waals surface area contributed by atoms with E-state index in [4.69, 9.17) is 4.98 Å². The molecule has 0 radical (unpaired) electrons. The van der Waals surface area contributed by atoms with Gasteiger partial charge in [0.1, 0.15) is 17.5 Å². The van der Waals surface area contributed by atoms with E-state index in [-0.39, 0.29) is 0 Å². The fourth-order valence-corrected chi connectivity index (χ4v) is 3.45. The first-order valence-corrected chi connectivity index (χ1v) is 8.92. The molecule has 7 nitrogen and oxygen atoms in total. The number of rotatable bonds is 4. The molecule has 2 aliphatic rings. The first kappa shape index (κ1) is 14.6. The summed E-state index contributed by atoms with van der Waals surface area (Å²) < 4.78 is 1.83. The van der Waals surface area contributed by atoms with Gasteiger partial charge in [0.05, 0.1) is 11.9 Å². The SMILES string of the molecule is Cc1cn2nc(NC3CCN(c4ccnc(C5CC5)n4)C3)ccc2n1. The Morgan fingerprint density at radius 3 is 2.92 bits per heavy atom. The minimum absolute atomic E-state index is 0.369. The topological polar surface area (TPSA) is 71.2 Å². The fraction of sp³-hybridized carbons (Fsp3) is 0.444. The molecule has 3 aromatic rings. The molecule has 3 aromatic heterocycles. The van der Waals surface area contributed by atoms with Crippen LogP contribution < -0.4 is 10.2 Å². The Hall–Kier alpha value is -2.70. The molecule has 4 heterocycles. The Balaban J connectivity index is 1.29. The molecule has 1 N–H and O–H groups in total. The van der Waals surface area contributed by atoms with Crippen LogP contribution in [0, 0.1) is 6.92 Å². The molecule has 5 rings (SSSR count). The van der Waals surface area contributed by atoms with Gasteiger partial charge in [-0.1, -0.05) is 0 Å². The van der Waals surface area contributed by atoms with Gasteiger partial charge in [-0.05, 0) is 44.4 Å². The van der Waals surface area contributed by atoms with Gasteiger partial charge >= 0.3 is 0 Å². The van der Waals surface area contributed by atoms with Crippen LogP contribution in [-0.2, 0) is 0 Å². The summed E-state index contributed by atoms with van der Waals surface area (Å²) >= 11 is 0. The number of nitrogens with zero attached hydrogens (tertiary/aromatic N) is 6. The molecule has 0 aromatic carbocycles. The van der Waals surface area contributed by atoms with Crippen molar-refractivity contribution in [1.29, 1.82) is 0 Å². The second-order valence-corrected chi connectivity index (χ2v) is 7.03. The molecule has 1 unspecified atom stereocenters. The van der Waals surface area contributed by atoms with Crippen molar-refractivity contribution in [2.24, 2.45) is 0 Å². The smallest absolute Gasteiger partial charge is 0.153 e. The lowest BCUT2D eigenvalue weighted by molar-refractivity contribution is 0.786. The van der Waals surface area contributed by atoms with Crippen LogP contribution in [0.1, 0.15) is 36.7 Å². The van der Waals surface area contributed by atoms with Crippen LogP contribution >= 0.6 is 0 Å². The van der Waals surface area contributed by atoms with Crippen molar-refractivity contribution >= 4 is 17.3 Å². The van der Waals surface area contributed by atoms with E-state index in [9.17, 15) is 0 Å². The normalized spacial score (nSPS) is 20.4. The van der Waals surface area contributed by atoms with E-state index < -0.39 is 0 Å². The Morgan fingerprint density at radius 1 is 1.12 bits per heavy atom. The Bertz CT molecular complexity index is 915. The van der Waals surface area contributed by atoms with Crippen LogP contribution in [0.2, 0.25) is 0 Å². The van der Waals surface area contributed by atoms with Crippen molar-refractivity contribution in [1.82, 2.24) is 24.6 Å². The Labute approximate surface area is 146 Å². The van der Waals surface area contributed by atoms with Gasteiger partial charge < -0.3 is 10.2 Å². The lowest BCUT2D eigenvalue weighted by atomic mass is 10.2. The van der Waals surface area contributed by atoms with E-state index >= 15 is 0 Å². The van der Waals surface area contributed by atoms with E-state index in [0.717, 1.165) is 48.3 Å². The maximum absolute atomic E-state index is 4.76. The molecule has 1 atom stereocenters. The van der Waals surface area contributed by atoms with Gasteiger partial charge in [-0.15, -0.1) is 5.10 Å². The molecule has 1 saturated heterocycles. The van der Waals surface area contributed by atoms with Crippen molar-refractivity contribution < 1.29 is 0 Å². The van der Waals surface area contributed by atoms with Gasteiger partial charge in [-0.2, -0.15) is 0 Å². The van der Waals surface area contributed by atoms with Crippen molar-refractivity contribution in [3.05, 3.63) is 42.1 Å². The van der Waals surface area contributed by atoms with Crippen LogP contribution in [0.5, 0.6) is 0 Å². The van der Waals surface area contributed by atoms with Crippen molar-refractivity contribution in [3.63, 3.8) is 0 Å². The van der Waals surface area contributed by atoms with Crippen molar-refractivity contribution in [2.75, 3.05) is 23.3 Å². The molecule has 7 heteroatoms. The summed E-state index contributed by atoms with van der Waals surface area (Å²) in [6.45, 7) is 3.92. The average Bonchev–Trinajstić information content (AvgIpc) is 3.26. The fourth-order valence-electron chi connectivity index (χ4n) is 3.45. The zero-order valence-electron chi connectivity index (χ0n) is 14.3. The third kappa shape index (κ3) is 2.90. The number of hydrogen-bond donors (Lipinski definition) is 1. The molecule has 2 fully saturated rings. The third-order valence-corrected chi connectivity index (χ3v) is 4.91. The monoisotopic (exact) mass is 335 g/mol. The highest BCUT2D eigenvalue weighted by Crippen LogP contribution is 2.38. The number of aromatic nitrogens is 5. The second kappa shape index (κ2) is 5.68. The molecular formula is C18H21N7. The highest BCUT2D eigenvalue weighted by molar-refractivity contribution is 5.47. The number of anilines is 2. The molecule has 1 aliphatic heterocycles. The minimum atomic E-state index is 0.369. The molecule has 1 saturated carbocycles. The predicted octanol–water partition coefficient (Wildman–Crippen LogP) is 2.40. The van der Waals surface area contributed by atoms with Crippen molar-refractivity contribution in [2.45, 2.75) is 38.1 Å². The van der Waals surface area contributed by atoms with Gasteiger partial charge in [0.2, 0.25) is 0 Å². The summed E-state index contributed by atoms with van der Waals surface area (Å²) in [4.78, 5) is 15.9. The number of aryl methyl sites for hydroxylation is 1. The van der Waals surface area contributed by atoms with Gasteiger partial charge in [0, 0.05) is 31.2 Å². The van der Waals surface area contributed by atoms with E-state index in [2.05, 4.69) is 25.3 Å². The molecule has 0 bridgehead atoms. The zero-order chi connectivity index (χ0) is 16.8. The van der Waals surface area contributed by atoms with Gasteiger partial charge in [0.25, 0.3) is 0 Å². The summed E-state index contributed by atoms with van der Waals surface area (Å²) in [5, 5.41) is 8.15. The molecular weight excluding hydrogens is 314 g/mol. The molecule has 0 spiro atoms. The van der Waals surface area contributed by atoms with E-state index in [1.54, 1.807) is 0 Å². The third-order valence-electron chi connectivity index (χ3n) is 4.91. The molecule has 1 aliphatic carbocycles. The summed E-state index contributed by atoms with van der Waals surface area (Å²) in [5.74, 6) is 3.54. The standard InChI is InChI=1S/C18H21N7/c1-12-10-25-17(20-12)5-4-15(23-25)21-14-7-9-24(11-14)16-6-8-19-18(22-16)13-2-3-13/h4-6,8,10,13-14H,2-3,7,9,11H2,1H3,(H,21,23). The maximum atomic E-state index is 4.76. The van der Waals surface area contributed by atoms with Crippen LogP contribution in [0.25, 0.3) is 5.65 Å². The highest BCUT2D eigenvalue weighted by Gasteiger charge is 2.28. The van der Waals surface area contributed by atoms with E-state index in [1.165, 1.54) is 12.8 Å². The lowest BCUT2D eigenvalue weighted by Crippen LogP contribution is -2.27. The van der Waals surface area contributed by atoms with Gasteiger partial charge in [-0.25, -0.2) is 19.5 Å². The van der Waals surface area contributed by atoms with Crippen LogP contribution in [-0.4, -0.2) is 43.7 Å². The summed E-state index contributed by atoms with van der Waals surface area (Å²) in [7, 11) is 0. The quantitative estimate of drug-likeness (QED) is 0.789. The number of hydrogen-bond acceptors (Lipinski definition) is 6. The Morgan fingerprint density at radius 2 is 2.04 bits per heavy atom. The molecule has 25 heavy (non-hydrogen) atoms. The Kier molecular flexibility index (Phi) is 3.33. The van der Waals surface area contributed by atoms with E-state index in [1.807, 2.05) is 42.0 Å². The number of fused-ring (bicyclic) bond motifs is 1. The van der Waals surface area contributed by atoms with Crippen LogP contribution in [0.4, 0.5) is 11.6 Å². The highest BCUT2D eigenvalue weighted by atomic mass is 15.3. The predicted molar refractivity (Wildman–Crippen MR) is 96.0 cm³/mol.